The molecular formula is C11H21N3O. The fraction of sp³-hybridized carbons (Fsp3) is 0.909. The van der Waals surface area contributed by atoms with Crippen molar-refractivity contribution in [2.24, 2.45) is 11.1 Å². The predicted octanol–water partition coefficient (Wildman–Crippen LogP) is 0.919. The molecular weight excluding hydrogens is 190 g/mol. The van der Waals surface area contributed by atoms with Crippen LogP contribution in [0, 0.1) is 5.41 Å². The van der Waals surface area contributed by atoms with Gasteiger partial charge in [0.15, 0.2) is 0 Å². The number of carbonyl (C=O) groups excluding carboxylic acids is 1. The maximum Gasteiger partial charge on any atom is 0.314 e. The number of hydrogen-bond donors (Lipinski definition) is 2. The summed E-state index contributed by atoms with van der Waals surface area (Å²) < 4.78 is 0. The van der Waals surface area contributed by atoms with Gasteiger partial charge in [0.1, 0.15) is 0 Å². The first-order chi connectivity index (χ1) is 7.14. The van der Waals surface area contributed by atoms with Gasteiger partial charge in [0, 0.05) is 19.1 Å². The quantitative estimate of drug-likeness (QED) is 0.626. The van der Waals surface area contributed by atoms with E-state index in [0.717, 1.165) is 32.5 Å². The molecule has 4 heteroatoms. The van der Waals surface area contributed by atoms with E-state index in [1.54, 1.807) is 4.90 Å². The third kappa shape index (κ3) is 1.95. The fourth-order valence-corrected chi connectivity index (χ4v) is 3.05. The number of likely N-dealkylation sites (tertiary alicyclic amines) is 1. The van der Waals surface area contributed by atoms with Crippen LogP contribution in [0.15, 0.2) is 0 Å². The highest BCUT2D eigenvalue weighted by Gasteiger charge is 2.41. The number of nitrogens with zero attached hydrogens (tertiary/aromatic N) is 1. The first kappa shape index (κ1) is 10.7. The summed E-state index contributed by atoms with van der Waals surface area (Å²) in [5.74, 6) is 0. The number of hydrogen-bond acceptors (Lipinski definition) is 2. The van der Waals surface area contributed by atoms with Crippen LogP contribution in [-0.4, -0.2) is 36.6 Å². The van der Waals surface area contributed by atoms with Gasteiger partial charge in [-0.1, -0.05) is 0 Å². The molecule has 2 heterocycles. The summed E-state index contributed by atoms with van der Waals surface area (Å²) in [6, 6.07) is 0.322. The fourth-order valence-electron chi connectivity index (χ4n) is 3.05. The van der Waals surface area contributed by atoms with Crippen LogP contribution in [0.25, 0.3) is 0 Å². The van der Waals surface area contributed by atoms with Gasteiger partial charge in [0.2, 0.25) is 0 Å². The second-order valence-corrected chi connectivity index (χ2v) is 4.97. The molecule has 0 aromatic heterocycles. The molecule has 2 rings (SSSR count). The van der Waals surface area contributed by atoms with E-state index in [9.17, 15) is 4.79 Å². The molecule has 0 bridgehead atoms. The average Bonchev–Trinajstić information content (AvgIpc) is 2.23. The van der Waals surface area contributed by atoms with Gasteiger partial charge in [-0.15, -0.1) is 0 Å². The number of urea groups is 1. The van der Waals surface area contributed by atoms with Crippen molar-refractivity contribution >= 4 is 6.03 Å². The van der Waals surface area contributed by atoms with Gasteiger partial charge in [0.25, 0.3) is 0 Å². The second kappa shape index (κ2) is 4.00. The van der Waals surface area contributed by atoms with Crippen molar-refractivity contribution in [1.29, 1.82) is 0 Å². The maximum absolute atomic E-state index is 11.0. The minimum atomic E-state index is -0.263. The molecule has 0 aliphatic carbocycles. The van der Waals surface area contributed by atoms with Crippen LogP contribution in [0.1, 0.15) is 32.6 Å². The van der Waals surface area contributed by atoms with Gasteiger partial charge in [-0.25, -0.2) is 4.79 Å². The molecule has 86 valence electrons. The molecule has 2 amide bonds. The van der Waals surface area contributed by atoms with Gasteiger partial charge in [0.05, 0.1) is 0 Å². The number of rotatable bonds is 0. The highest BCUT2D eigenvalue weighted by atomic mass is 16.2. The zero-order valence-corrected chi connectivity index (χ0v) is 9.46. The molecule has 2 aliphatic rings. The van der Waals surface area contributed by atoms with E-state index in [1.807, 2.05) is 0 Å². The Morgan fingerprint density at radius 3 is 2.60 bits per heavy atom. The van der Waals surface area contributed by atoms with Crippen LogP contribution < -0.4 is 11.1 Å². The van der Waals surface area contributed by atoms with Crippen molar-refractivity contribution < 1.29 is 4.79 Å². The molecule has 1 atom stereocenters. The predicted molar refractivity (Wildman–Crippen MR) is 59.5 cm³/mol. The summed E-state index contributed by atoms with van der Waals surface area (Å²) >= 11 is 0. The Labute approximate surface area is 91.2 Å². The smallest absolute Gasteiger partial charge is 0.314 e. The van der Waals surface area contributed by atoms with E-state index in [4.69, 9.17) is 5.73 Å². The Morgan fingerprint density at radius 1 is 1.40 bits per heavy atom. The molecule has 4 nitrogen and oxygen atoms in total. The Balaban J connectivity index is 1.98. The summed E-state index contributed by atoms with van der Waals surface area (Å²) in [5, 5.41) is 3.55. The number of amides is 2. The number of primary amides is 1. The van der Waals surface area contributed by atoms with Crippen LogP contribution in [0.3, 0.4) is 0 Å². The number of nitrogens with two attached hydrogens (primary N) is 1. The summed E-state index contributed by atoms with van der Waals surface area (Å²) in [7, 11) is 0. The lowest BCUT2D eigenvalue weighted by atomic mass is 9.68. The molecule has 15 heavy (non-hydrogen) atoms. The molecule has 0 aromatic rings. The van der Waals surface area contributed by atoms with Crippen LogP contribution in [-0.2, 0) is 0 Å². The second-order valence-electron chi connectivity index (χ2n) is 4.97. The minimum Gasteiger partial charge on any atom is -0.351 e. The van der Waals surface area contributed by atoms with Gasteiger partial charge in [-0.3, -0.25) is 0 Å². The number of carbonyl (C=O) groups is 1. The molecule has 0 radical (unpaired) electrons. The van der Waals surface area contributed by atoms with Crippen molar-refractivity contribution in [3.05, 3.63) is 0 Å². The molecule has 2 aliphatic heterocycles. The lowest BCUT2D eigenvalue weighted by molar-refractivity contribution is 0.0601. The van der Waals surface area contributed by atoms with Gasteiger partial charge >= 0.3 is 6.03 Å². The first-order valence-corrected chi connectivity index (χ1v) is 5.92. The van der Waals surface area contributed by atoms with E-state index in [2.05, 4.69) is 12.2 Å². The first-order valence-electron chi connectivity index (χ1n) is 5.92. The Bertz CT molecular complexity index is 246. The number of piperidine rings is 2. The average molecular weight is 211 g/mol. The molecule has 1 spiro atoms. The standard InChI is InChI=1S/C11H21N3O/c1-9-11(3-2-6-13-9)4-7-14(8-5-11)10(12)15/h9,13H,2-8H2,1H3,(H2,12,15). The van der Waals surface area contributed by atoms with E-state index in [0.29, 0.717) is 11.5 Å². The van der Waals surface area contributed by atoms with Crippen molar-refractivity contribution in [3.8, 4) is 0 Å². The molecule has 0 saturated carbocycles. The SMILES string of the molecule is CC1NCCCC12CCN(C(N)=O)CC2. The Morgan fingerprint density at radius 2 is 2.07 bits per heavy atom. The third-order valence-corrected chi connectivity index (χ3v) is 4.29. The molecule has 2 fully saturated rings. The lowest BCUT2D eigenvalue weighted by Gasteiger charge is -2.48. The van der Waals surface area contributed by atoms with Crippen molar-refractivity contribution in [2.45, 2.75) is 38.6 Å². The summed E-state index contributed by atoms with van der Waals surface area (Å²) in [6.07, 6.45) is 4.77. The van der Waals surface area contributed by atoms with E-state index >= 15 is 0 Å². The zero-order valence-electron chi connectivity index (χ0n) is 9.46. The van der Waals surface area contributed by atoms with Gasteiger partial charge in [-0.2, -0.15) is 0 Å². The highest BCUT2D eigenvalue weighted by molar-refractivity contribution is 5.72. The van der Waals surface area contributed by atoms with Gasteiger partial charge in [-0.05, 0) is 44.6 Å². The van der Waals surface area contributed by atoms with Crippen LogP contribution in [0.2, 0.25) is 0 Å². The maximum atomic E-state index is 11.0. The van der Waals surface area contributed by atoms with Crippen LogP contribution in [0.5, 0.6) is 0 Å². The normalized spacial score (nSPS) is 30.5. The van der Waals surface area contributed by atoms with Gasteiger partial charge < -0.3 is 16.0 Å². The Hall–Kier alpha value is -0.770. The zero-order chi connectivity index (χ0) is 10.9. The summed E-state index contributed by atoms with van der Waals surface area (Å²) in [6.45, 7) is 5.09. The van der Waals surface area contributed by atoms with E-state index in [1.165, 1.54) is 12.8 Å². The molecule has 2 saturated heterocycles. The third-order valence-electron chi connectivity index (χ3n) is 4.29. The Kier molecular flexibility index (Phi) is 2.87. The van der Waals surface area contributed by atoms with Crippen LogP contribution in [0.4, 0.5) is 4.79 Å². The van der Waals surface area contributed by atoms with Crippen molar-refractivity contribution in [3.63, 3.8) is 0 Å². The minimum absolute atomic E-state index is 0.263. The summed E-state index contributed by atoms with van der Waals surface area (Å²) in [5.41, 5.74) is 5.71. The largest absolute Gasteiger partial charge is 0.351 e. The topological polar surface area (TPSA) is 58.4 Å². The number of nitrogens with one attached hydrogen (secondary N) is 1. The van der Waals surface area contributed by atoms with Crippen molar-refractivity contribution in [1.82, 2.24) is 10.2 Å². The molecule has 3 N–H and O–H groups in total. The monoisotopic (exact) mass is 211 g/mol. The van der Waals surface area contributed by atoms with Crippen LogP contribution >= 0.6 is 0 Å². The van der Waals surface area contributed by atoms with E-state index < -0.39 is 0 Å². The van der Waals surface area contributed by atoms with E-state index in [-0.39, 0.29) is 6.03 Å². The van der Waals surface area contributed by atoms with Crippen molar-refractivity contribution in [2.75, 3.05) is 19.6 Å². The highest BCUT2D eigenvalue weighted by Crippen LogP contribution is 2.41. The lowest BCUT2D eigenvalue weighted by Crippen LogP contribution is -2.54. The summed E-state index contributed by atoms with van der Waals surface area (Å²) in [4.78, 5) is 12.8. The molecule has 1 unspecified atom stereocenters. The molecule has 0 aromatic carbocycles.